The van der Waals surface area contributed by atoms with Gasteiger partial charge in [0.1, 0.15) is 17.9 Å². The second kappa shape index (κ2) is 8.18. The van der Waals surface area contributed by atoms with Crippen molar-refractivity contribution in [3.63, 3.8) is 0 Å². The molecular formula is C24H29Cl3N2O4. The van der Waals surface area contributed by atoms with E-state index in [9.17, 15) is 9.59 Å². The number of anilines is 1. The van der Waals surface area contributed by atoms with Gasteiger partial charge in [-0.25, -0.2) is 0 Å². The van der Waals surface area contributed by atoms with Crippen LogP contribution in [0.4, 0.5) is 5.69 Å². The summed E-state index contributed by atoms with van der Waals surface area (Å²) in [6.45, 7) is 2.16. The first-order chi connectivity index (χ1) is 15.5. The fraction of sp³-hybridized carbons (Fsp3) is 0.667. The maximum Gasteiger partial charge on any atom is 0.322 e. The summed E-state index contributed by atoms with van der Waals surface area (Å²) in [7, 11) is 2.15. The Morgan fingerprint density at radius 2 is 1.82 bits per heavy atom. The summed E-state index contributed by atoms with van der Waals surface area (Å²) < 4.78 is 12.2. The molecule has 1 spiro atoms. The highest BCUT2D eigenvalue weighted by Crippen LogP contribution is 2.70. The van der Waals surface area contributed by atoms with E-state index in [1.165, 1.54) is 11.3 Å². The van der Waals surface area contributed by atoms with Crippen LogP contribution in [0.5, 0.6) is 0 Å². The average Bonchev–Trinajstić information content (AvgIpc) is 3.21. The van der Waals surface area contributed by atoms with E-state index in [0.717, 1.165) is 19.3 Å². The number of halogens is 3. The van der Waals surface area contributed by atoms with E-state index < -0.39 is 0 Å². The molecule has 6 nitrogen and oxygen atoms in total. The molecule has 0 aromatic heterocycles. The van der Waals surface area contributed by atoms with Crippen molar-refractivity contribution in [2.75, 3.05) is 23.7 Å². The van der Waals surface area contributed by atoms with Crippen molar-refractivity contribution in [2.24, 2.45) is 17.8 Å². The molecule has 4 saturated heterocycles. The van der Waals surface area contributed by atoms with E-state index >= 15 is 0 Å². The topological polar surface area (TPSA) is 59.1 Å². The van der Waals surface area contributed by atoms with Crippen LogP contribution < -0.4 is 4.90 Å². The monoisotopic (exact) mass is 514 g/mol. The summed E-state index contributed by atoms with van der Waals surface area (Å²) in [5, 5.41) is 0. The molecule has 1 saturated carbocycles. The van der Waals surface area contributed by atoms with E-state index in [1.807, 2.05) is 0 Å². The summed E-state index contributed by atoms with van der Waals surface area (Å²) in [4.78, 5) is 29.7. The third-order valence-corrected chi connectivity index (χ3v) is 9.56. The Morgan fingerprint density at radius 1 is 1.12 bits per heavy atom. The van der Waals surface area contributed by atoms with E-state index in [2.05, 4.69) is 48.0 Å². The zero-order valence-electron chi connectivity index (χ0n) is 18.7. The summed E-state index contributed by atoms with van der Waals surface area (Å²) in [5.41, 5.74) is 2.22. The predicted octanol–water partition coefficient (Wildman–Crippen LogP) is 3.56. The van der Waals surface area contributed by atoms with Gasteiger partial charge in [-0.05, 0) is 36.8 Å². The van der Waals surface area contributed by atoms with Gasteiger partial charge >= 0.3 is 11.9 Å². The Labute approximate surface area is 210 Å². The molecule has 5 fully saturated rings. The fourth-order valence-electron chi connectivity index (χ4n) is 8.48. The quantitative estimate of drug-likeness (QED) is 0.442. The number of piperidine rings is 4. The number of fused-ring (bicyclic) bond motifs is 2. The number of hydrogen-bond acceptors (Lipinski definition) is 6. The van der Waals surface area contributed by atoms with Crippen molar-refractivity contribution in [2.45, 2.75) is 62.1 Å². The van der Waals surface area contributed by atoms with Crippen molar-refractivity contribution in [1.29, 1.82) is 0 Å². The molecule has 33 heavy (non-hydrogen) atoms. The zero-order valence-corrected chi connectivity index (χ0v) is 21.0. The lowest BCUT2D eigenvalue weighted by Gasteiger charge is -2.62. The summed E-state index contributed by atoms with van der Waals surface area (Å²) in [5.74, 6) is -0.263. The maximum atomic E-state index is 12.6. The highest BCUT2D eigenvalue weighted by molar-refractivity contribution is 6.26. The van der Waals surface area contributed by atoms with Gasteiger partial charge < -0.3 is 14.4 Å². The third-order valence-electron chi connectivity index (χ3n) is 9.13. The van der Waals surface area contributed by atoms with Gasteiger partial charge in [-0.3, -0.25) is 14.5 Å². The van der Waals surface area contributed by atoms with Crippen LogP contribution in [0.3, 0.4) is 0 Å². The molecule has 6 aliphatic rings. The van der Waals surface area contributed by atoms with E-state index in [-0.39, 0.29) is 83.8 Å². The van der Waals surface area contributed by atoms with Gasteiger partial charge in [0.25, 0.3) is 0 Å². The number of alkyl halides is 2. The minimum absolute atomic E-state index is 0. The largest absolute Gasteiger partial charge is 0.460 e. The normalized spacial score (nSPS) is 43.0. The van der Waals surface area contributed by atoms with Crippen LogP contribution in [0.15, 0.2) is 24.3 Å². The van der Waals surface area contributed by atoms with Crippen LogP contribution in [0.2, 0.25) is 0 Å². The minimum Gasteiger partial charge on any atom is -0.460 e. The molecule has 1 aromatic rings. The molecule has 5 heterocycles. The fourth-order valence-corrected chi connectivity index (χ4v) is 8.61. The molecule has 180 valence electrons. The Balaban J connectivity index is 0.00000228. The van der Waals surface area contributed by atoms with E-state index in [4.69, 9.17) is 32.7 Å². The van der Waals surface area contributed by atoms with Crippen molar-refractivity contribution in [1.82, 2.24) is 4.90 Å². The number of rotatable bonds is 5. The second-order valence-electron chi connectivity index (χ2n) is 10.0. The van der Waals surface area contributed by atoms with Crippen LogP contribution in [0.25, 0.3) is 0 Å². The van der Waals surface area contributed by atoms with Crippen molar-refractivity contribution in [3.8, 4) is 0 Å². The Hall–Kier alpha value is -1.21. The van der Waals surface area contributed by atoms with Gasteiger partial charge in [0.15, 0.2) is 6.23 Å². The molecule has 5 aliphatic heterocycles. The van der Waals surface area contributed by atoms with Gasteiger partial charge in [-0.15, -0.1) is 35.6 Å². The van der Waals surface area contributed by atoms with Crippen LogP contribution in [0.1, 0.15) is 31.7 Å². The minimum atomic E-state index is -0.365. The molecule has 7 rings (SSSR count). The Morgan fingerprint density at radius 3 is 2.52 bits per heavy atom. The molecule has 0 N–H and O–H groups in total. The van der Waals surface area contributed by atoms with Gasteiger partial charge in [-0.1, -0.05) is 25.1 Å². The first kappa shape index (κ1) is 23.5. The summed E-state index contributed by atoms with van der Waals surface area (Å²) in [6, 6.07) is 9.11. The number of ether oxygens (including phenoxy) is 2. The number of esters is 2. The molecule has 10 atom stereocenters. The van der Waals surface area contributed by atoms with E-state index in [1.54, 1.807) is 0 Å². The maximum absolute atomic E-state index is 12.6. The zero-order chi connectivity index (χ0) is 22.4. The molecule has 9 heteroatoms. The molecule has 5 bridgehead atoms. The second-order valence-corrected chi connectivity index (χ2v) is 10.5. The number of likely N-dealkylation sites (N-methyl/N-ethyl adjacent to an activating group) is 1. The van der Waals surface area contributed by atoms with Crippen LogP contribution in [0, 0.1) is 17.8 Å². The number of nitrogens with zero attached hydrogens (tertiary/aromatic N) is 2. The Kier molecular flexibility index (Phi) is 5.83. The molecule has 1 aliphatic carbocycles. The lowest BCUT2D eigenvalue weighted by atomic mass is 9.62. The van der Waals surface area contributed by atoms with Gasteiger partial charge in [-0.2, -0.15) is 0 Å². The predicted molar refractivity (Wildman–Crippen MR) is 128 cm³/mol. The standard InChI is InChI=1S/C24H28Cl2N2O4.ClH/c1-3-12-13-8-16-21-24(14-6-4-5-7-15(14)27(21)2)9-17(20(13)22(24)31-18(29)10-25)28(16)23(12)32-19(30)11-26;/h4-7,12-13,16-17,20-23H,3,8-11H2,1-2H3;1H. The highest BCUT2D eigenvalue weighted by atomic mass is 35.5. The van der Waals surface area contributed by atoms with Gasteiger partial charge in [0.05, 0.1) is 11.5 Å². The summed E-state index contributed by atoms with van der Waals surface area (Å²) >= 11 is 11.7. The number of para-hydroxylation sites is 1. The SMILES string of the molecule is CCC1C2CC3C4N(C)c5ccccc5C45CC(C2C5OC(=O)CCl)N3C1OC(=O)CCl.Cl. The lowest BCUT2D eigenvalue weighted by Crippen LogP contribution is -2.73. The lowest BCUT2D eigenvalue weighted by molar-refractivity contribution is -0.228. The van der Waals surface area contributed by atoms with Crippen LogP contribution in [-0.4, -0.2) is 66.1 Å². The molecule has 0 amide bonds. The molecule has 10 unspecified atom stereocenters. The van der Waals surface area contributed by atoms with Crippen molar-refractivity contribution < 1.29 is 19.1 Å². The first-order valence-corrected chi connectivity index (χ1v) is 12.7. The van der Waals surface area contributed by atoms with Crippen molar-refractivity contribution >= 4 is 53.2 Å². The van der Waals surface area contributed by atoms with Crippen molar-refractivity contribution in [3.05, 3.63) is 29.8 Å². The number of hydrogen-bond donors (Lipinski definition) is 0. The third kappa shape index (κ3) is 2.84. The average molecular weight is 516 g/mol. The smallest absolute Gasteiger partial charge is 0.322 e. The van der Waals surface area contributed by atoms with Crippen LogP contribution in [-0.2, 0) is 24.5 Å². The first-order valence-electron chi connectivity index (χ1n) is 11.6. The van der Waals surface area contributed by atoms with Gasteiger partial charge in [0, 0.05) is 36.7 Å². The molecule has 1 aromatic carbocycles. The van der Waals surface area contributed by atoms with Crippen LogP contribution >= 0.6 is 35.6 Å². The number of carbonyl (C=O) groups excluding carboxylic acids is 2. The Bertz CT molecular complexity index is 979. The highest BCUT2D eigenvalue weighted by Gasteiger charge is 2.78. The number of benzene rings is 1. The molecule has 0 radical (unpaired) electrons. The summed E-state index contributed by atoms with van der Waals surface area (Å²) in [6.07, 6.45) is 2.32. The number of carbonyl (C=O) groups is 2. The molecular weight excluding hydrogens is 487 g/mol. The van der Waals surface area contributed by atoms with E-state index in [0.29, 0.717) is 5.92 Å². The van der Waals surface area contributed by atoms with Gasteiger partial charge in [0.2, 0.25) is 0 Å².